The van der Waals surface area contributed by atoms with E-state index in [0.717, 1.165) is 11.2 Å². The molecule has 0 radical (unpaired) electrons. The molecule has 4 rings (SSSR count). The van der Waals surface area contributed by atoms with E-state index in [0.29, 0.717) is 11.1 Å². The van der Waals surface area contributed by atoms with Crippen molar-refractivity contribution in [3.63, 3.8) is 0 Å². The van der Waals surface area contributed by atoms with Gasteiger partial charge in [0.1, 0.15) is 5.65 Å². The maximum atomic E-state index is 12.7. The van der Waals surface area contributed by atoms with Crippen molar-refractivity contribution in [2.75, 3.05) is 0 Å². The Balaban J connectivity index is 1.44. The standard InChI is InChI=1S/C22H19N3O4S/c26-15-17-3-8-20(9-4-17)30(28,29)19-6-1-16(2-7-19)13-24-22(27)18-5-10-21-23-11-12-25(21)14-18/h1-12,14,26H,13,15H2,(H,24,27). The molecule has 2 aromatic carbocycles. The number of carbonyl (C=O) groups excluding carboxylic acids is 1. The minimum atomic E-state index is -3.65. The fourth-order valence-electron chi connectivity index (χ4n) is 3.04. The zero-order valence-corrected chi connectivity index (χ0v) is 16.7. The topological polar surface area (TPSA) is 101 Å². The minimum absolute atomic E-state index is 0.142. The number of pyridine rings is 1. The number of nitrogens with one attached hydrogen (secondary N) is 1. The number of imidazole rings is 1. The van der Waals surface area contributed by atoms with Crippen LogP contribution in [0.5, 0.6) is 0 Å². The second kappa shape index (κ2) is 8.10. The van der Waals surface area contributed by atoms with Crippen LogP contribution < -0.4 is 5.32 Å². The number of benzene rings is 2. The Morgan fingerprint density at radius 3 is 2.20 bits per heavy atom. The van der Waals surface area contributed by atoms with Crippen molar-refractivity contribution < 1.29 is 18.3 Å². The van der Waals surface area contributed by atoms with Gasteiger partial charge >= 0.3 is 0 Å². The van der Waals surface area contributed by atoms with E-state index >= 15 is 0 Å². The van der Waals surface area contributed by atoms with Gasteiger partial charge in [-0.05, 0) is 47.5 Å². The third kappa shape index (κ3) is 3.96. The molecule has 152 valence electrons. The molecule has 0 bridgehead atoms. The Morgan fingerprint density at radius 1 is 0.933 bits per heavy atom. The smallest absolute Gasteiger partial charge is 0.253 e. The fraction of sp³-hybridized carbons (Fsp3) is 0.0909. The molecule has 0 unspecified atom stereocenters. The van der Waals surface area contributed by atoms with Crippen molar-refractivity contribution in [2.24, 2.45) is 0 Å². The Hall–Kier alpha value is -3.49. The van der Waals surface area contributed by atoms with E-state index in [1.807, 2.05) is 0 Å². The number of aliphatic hydroxyl groups is 1. The third-order valence-corrected chi connectivity index (χ3v) is 6.54. The van der Waals surface area contributed by atoms with Gasteiger partial charge in [0.05, 0.1) is 22.0 Å². The number of aliphatic hydroxyl groups excluding tert-OH is 1. The summed E-state index contributed by atoms with van der Waals surface area (Å²) in [5.41, 5.74) is 2.69. The van der Waals surface area contributed by atoms with E-state index in [-0.39, 0.29) is 28.8 Å². The van der Waals surface area contributed by atoms with E-state index in [1.165, 1.54) is 24.3 Å². The monoisotopic (exact) mass is 421 g/mol. The quantitative estimate of drug-likeness (QED) is 0.498. The molecule has 2 aromatic heterocycles. The van der Waals surface area contributed by atoms with Crippen LogP contribution in [-0.4, -0.2) is 28.8 Å². The zero-order chi connectivity index (χ0) is 21.1. The molecule has 0 saturated heterocycles. The van der Waals surface area contributed by atoms with Crippen LogP contribution in [0.25, 0.3) is 5.65 Å². The van der Waals surface area contributed by atoms with Crippen LogP contribution in [0.3, 0.4) is 0 Å². The van der Waals surface area contributed by atoms with Crippen LogP contribution in [0.2, 0.25) is 0 Å². The number of nitrogens with zero attached hydrogens (tertiary/aromatic N) is 2. The number of amides is 1. The van der Waals surface area contributed by atoms with Gasteiger partial charge in [0.15, 0.2) is 0 Å². The predicted octanol–water partition coefficient (Wildman–Crippen LogP) is 2.59. The lowest BCUT2D eigenvalue weighted by Gasteiger charge is -2.08. The molecular weight excluding hydrogens is 402 g/mol. The number of carbonyl (C=O) groups is 1. The van der Waals surface area contributed by atoms with Crippen molar-refractivity contribution in [3.8, 4) is 0 Å². The van der Waals surface area contributed by atoms with Gasteiger partial charge < -0.3 is 14.8 Å². The van der Waals surface area contributed by atoms with Crippen molar-refractivity contribution in [1.82, 2.24) is 14.7 Å². The summed E-state index contributed by atoms with van der Waals surface area (Å²) in [6.07, 6.45) is 5.13. The Kier molecular flexibility index (Phi) is 5.35. The lowest BCUT2D eigenvalue weighted by molar-refractivity contribution is 0.0950. The summed E-state index contributed by atoms with van der Waals surface area (Å²) < 4.78 is 27.2. The highest BCUT2D eigenvalue weighted by atomic mass is 32.2. The largest absolute Gasteiger partial charge is 0.392 e. The Morgan fingerprint density at radius 2 is 1.57 bits per heavy atom. The molecule has 7 nitrogen and oxygen atoms in total. The SMILES string of the molecule is O=C(NCc1ccc(S(=O)(=O)c2ccc(CO)cc2)cc1)c1ccc2nccn2c1. The highest BCUT2D eigenvalue weighted by Crippen LogP contribution is 2.21. The van der Waals surface area contributed by atoms with E-state index < -0.39 is 9.84 Å². The number of sulfone groups is 1. The first-order chi connectivity index (χ1) is 14.5. The molecule has 0 saturated carbocycles. The summed E-state index contributed by atoms with van der Waals surface area (Å²) in [5.74, 6) is -0.230. The first kappa shape index (κ1) is 19.8. The average Bonchev–Trinajstić information content (AvgIpc) is 3.25. The summed E-state index contributed by atoms with van der Waals surface area (Å²) in [6.45, 7) is 0.128. The Labute approximate surface area is 173 Å². The highest BCUT2D eigenvalue weighted by molar-refractivity contribution is 7.91. The number of rotatable bonds is 6. The Bertz CT molecular complexity index is 1290. The first-order valence-electron chi connectivity index (χ1n) is 9.22. The van der Waals surface area contributed by atoms with Crippen LogP contribution in [0, 0.1) is 0 Å². The van der Waals surface area contributed by atoms with Crippen molar-refractivity contribution in [2.45, 2.75) is 22.9 Å². The molecule has 4 aromatic rings. The molecule has 8 heteroatoms. The van der Waals surface area contributed by atoms with E-state index in [4.69, 9.17) is 5.11 Å². The summed E-state index contributed by atoms with van der Waals surface area (Å²) in [5, 5.41) is 11.9. The van der Waals surface area contributed by atoms with Crippen LogP contribution in [0.1, 0.15) is 21.5 Å². The molecule has 30 heavy (non-hydrogen) atoms. The van der Waals surface area contributed by atoms with E-state index in [1.54, 1.807) is 59.4 Å². The van der Waals surface area contributed by atoms with Crippen LogP contribution in [0.15, 0.2) is 89.0 Å². The van der Waals surface area contributed by atoms with Gasteiger partial charge in [0.25, 0.3) is 5.91 Å². The zero-order valence-electron chi connectivity index (χ0n) is 15.9. The van der Waals surface area contributed by atoms with Crippen LogP contribution in [0.4, 0.5) is 0 Å². The fourth-order valence-corrected chi connectivity index (χ4v) is 4.30. The summed E-state index contributed by atoms with van der Waals surface area (Å²) in [7, 11) is -3.65. The van der Waals surface area contributed by atoms with Gasteiger partial charge in [0.2, 0.25) is 9.84 Å². The molecule has 0 aliphatic carbocycles. The lowest BCUT2D eigenvalue weighted by atomic mass is 10.2. The molecule has 2 heterocycles. The van der Waals surface area contributed by atoms with Gasteiger partial charge in [-0.25, -0.2) is 13.4 Å². The van der Waals surface area contributed by atoms with Gasteiger partial charge in [-0.1, -0.05) is 24.3 Å². The second-order valence-electron chi connectivity index (χ2n) is 6.74. The molecule has 0 aliphatic rings. The molecule has 0 aliphatic heterocycles. The summed E-state index contributed by atoms with van der Waals surface area (Å²) in [4.78, 5) is 16.9. The van der Waals surface area contributed by atoms with Crippen LogP contribution >= 0.6 is 0 Å². The third-order valence-electron chi connectivity index (χ3n) is 4.75. The second-order valence-corrected chi connectivity index (χ2v) is 8.69. The van der Waals surface area contributed by atoms with Gasteiger partial charge in [-0.3, -0.25) is 4.79 Å². The summed E-state index contributed by atoms with van der Waals surface area (Å²) >= 11 is 0. The van der Waals surface area contributed by atoms with Gasteiger partial charge in [-0.2, -0.15) is 0 Å². The number of aromatic nitrogens is 2. The molecule has 0 atom stereocenters. The normalized spacial score (nSPS) is 11.5. The maximum Gasteiger partial charge on any atom is 0.253 e. The van der Waals surface area contributed by atoms with Crippen molar-refractivity contribution in [1.29, 1.82) is 0 Å². The minimum Gasteiger partial charge on any atom is -0.392 e. The predicted molar refractivity (Wildman–Crippen MR) is 111 cm³/mol. The molecule has 2 N–H and O–H groups in total. The van der Waals surface area contributed by atoms with Crippen LogP contribution in [-0.2, 0) is 23.0 Å². The maximum absolute atomic E-state index is 12.7. The molecule has 1 amide bonds. The van der Waals surface area contributed by atoms with Crippen molar-refractivity contribution in [3.05, 3.63) is 95.9 Å². The highest BCUT2D eigenvalue weighted by Gasteiger charge is 2.17. The molecule has 0 fully saturated rings. The first-order valence-corrected chi connectivity index (χ1v) is 10.7. The number of hydrogen-bond acceptors (Lipinski definition) is 5. The van der Waals surface area contributed by atoms with E-state index in [9.17, 15) is 13.2 Å². The summed E-state index contributed by atoms with van der Waals surface area (Å²) in [6, 6.07) is 16.0. The van der Waals surface area contributed by atoms with Crippen molar-refractivity contribution >= 4 is 21.4 Å². The number of hydrogen-bond donors (Lipinski definition) is 2. The molecular formula is C22H19N3O4S. The number of fused-ring (bicyclic) bond motifs is 1. The lowest BCUT2D eigenvalue weighted by Crippen LogP contribution is -2.23. The van der Waals surface area contributed by atoms with Gasteiger partial charge in [-0.15, -0.1) is 0 Å². The molecule has 0 spiro atoms. The van der Waals surface area contributed by atoms with E-state index in [2.05, 4.69) is 10.3 Å². The van der Waals surface area contributed by atoms with Gasteiger partial charge in [0, 0.05) is 25.1 Å². The average molecular weight is 421 g/mol.